The highest BCUT2D eigenvalue weighted by atomic mass is 16.1. The molecule has 0 atom stereocenters. The van der Waals surface area contributed by atoms with E-state index in [1.54, 1.807) is 0 Å². The summed E-state index contributed by atoms with van der Waals surface area (Å²) in [6, 6.07) is 27.1. The Kier molecular flexibility index (Phi) is 7.39. The second-order valence-corrected chi connectivity index (χ2v) is 9.20. The molecule has 1 aliphatic heterocycles. The summed E-state index contributed by atoms with van der Waals surface area (Å²) in [4.78, 5) is 25.4. The van der Waals surface area contributed by atoms with Gasteiger partial charge in [-0.15, -0.1) is 0 Å². The first-order valence-electron chi connectivity index (χ1n) is 12.5. The highest BCUT2D eigenvalue weighted by Crippen LogP contribution is 2.18. The van der Waals surface area contributed by atoms with Gasteiger partial charge in [0.05, 0.1) is 11.0 Å². The summed E-state index contributed by atoms with van der Waals surface area (Å²) >= 11 is 0. The van der Waals surface area contributed by atoms with Gasteiger partial charge in [-0.3, -0.25) is 9.69 Å². The fraction of sp³-hybridized carbons (Fsp3) is 0.310. The molecule has 1 aromatic heterocycles. The van der Waals surface area contributed by atoms with Crippen molar-refractivity contribution in [3.05, 3.63) is 95.8 Å². The lowest BCUT2D eigenvalue weighted by Gasteiger charge is -2.36. The van der Waals surface area contributed by atoms with Crippen LogP contribution in [0.3, 0.4) is 0 Å². The fourth-order valence-corrected chi connectivity index (χ4v) is 4.75. The van der Waals surface area contributed by atoms with Crippen molar-refractivity contribution in [1.29, 1.82) is 0 Å². The number of piperazine rings is 1. The monoisotopic (exact) mass is 467 g/mol. The molecule has 35 heavy (non-hydrogen) atoms. The van der Waals surface area contributed by atoms with Crippen LogP contribution in [0.1, 0.15) is 29.8 Å². The fourth-order valence-electron chi connectivity index (χ4n) is 4.75. The molecule has 2 N–H and O–H groups in total. The van der Waals surface area contributed by atoms with Gasteiger partial charge in [0.1, 0.15) is 5.82 Å². The molecule has 6 heteroatoms. The highest BCUT2D eigenvalue weighted by Gasteiger charge is 2.18. The number of carbonyl (C=O) groups excluding carboxylic acids is 1. The standard InChI is InChI=1S/C29H33N5O/c35-29(16-8-15-28-31-26-13-6-7-14-27(26)32-28)30-21-23-9-4-5-10-24(23)22-33-17-19-34(20-18-33)25-11-2-1-3-12-25/h1-7,9-14H,8,15-22H2,(H,30,35)(H,31,32). The number of amides is 1. The number of hydrogen-bond donors (Lipinski definition) is 2. The molecule has 0 radical (unpaired) electrons. The van der Waals surface area contributed by atoms with E-state index in [2.05, 4.69) is 79.7 Å². The highest BCUT2D eigenvalue weighted by molar-refractivity contribution is 5.76. The van der Waals surface area contributed by atoms with Crippen molar-refractivity contribution in [2.45, 2.75) is 32.4 Å². The predicted octanol–water partition coefficient (Wildman–Crippen LogP) is 4.52. The van der Waals surface area contributed by atoms with Crippen molar-refractivity contribution in [2.75, 3.05) is 31.1 Å². The third kappa shape index (κ3) is 6.08. The van der Waals surface area contributed by atoms with Crippen LogP contribution in [0.5, 0.6) is 0 Å². The summed E-state index contributed by atoms with van der Waals surface area (Å²) in [6.45, 7) is 5.64. The van der Waals surface area contributed by atoms with E-state index in [0.717, 1.165) is 62.4 Å². The second-order valence-electron chi connectivity index (χ2n) is 9.20. The first kappa shape index (κ1) is 23.1. The van der Waals surface area contributed by atoms with Crippen LogP contribution >= 0.6 is 0 Å². The molecule has 1 fully saturated rings. The van der Waals surface area contributed by atoms with Crippen LogP contribution in [-0.2, 0) is 24.3 Å². The molecule has 180 valence electrons. The number of aromatic nitrogens is 2. The third-order valence-electron chi connectivity index (χ3n) is 6.74. The number of para-hydroxylation sites is 3. The van der Waals surface area contributed by atoms with E-state index in [1.165, 1.54) is 16.8 Å². The van der Waals surface area contributed by atoms with Crippen LogP contribution < -0.4 is 10.2 Å². The molecule has 6 nitrogen and oxygen atoms in total. The molecule has 0 spiro atoms. The molecule has 0 saturated carbocycles. The van der Waals surface area contributed by atoms with Gasteiger partial charge in [0.2, 0.25) is 5.91 Å². The van der Waals surface area contributed by atoms with Crippen molar-refractivity contribution in [1.82, 2.24) is 20.2 Å². The van der Waals surface area contributed by atoms with Crippen LogP contribution in [0.4, 0.5) is 5.69 Å². The van der Waals surface area contributed by atoms with Gasteiger partial charge in [0, 0.05) is 57.8 Å². The summed E-state index contributed by atoms with van der Waals surface area (Å²) in [6.07, 6.45) is 2.05. The zero-order chi connectivity index (χ0) is 23.9. The Balaban J connectivity index is 1.07. The van der Waals surface area contributed by atoms with Gasteiger partial charge < -0.3 is 15.2 Å². The summed E-state index contributed by atoms with van der Waals surface area (Å²) in [5.74, 6) is 1.03. The number of anilines is 1. The molecule has 2 heterocycles. The largest absolute Gasteiger partial charge is 0.369 e. The maximum Gasteiger partial charge on any atom is 0.220 e. The molecule has 0 bridgehead atoms. The first-order valence-corrected chi connectivity index (χ1v) is 12.5. The number of nitrogens with one attached hydrogen (secondary N) is 2. The topological polar surface area (TPSA) is 64.3 Å². The SMILES string of the molecule is O=C(CCCc1nc2ccccc2[nH]1)NCc1ccccc1CN1CCN(c2ccccc2)CC1. The molecule has 0 aliphatic carbocycles. The van der Waals surface area contributed by atoms with Crippen LogP contribution in [0.15, 0.2) is 78.9 Å². The molecule has 5 rings (SSSR count). The van der Waals surface area contributed by atoms with E-state index < -0.39 is 0 Å². The number of fused-ring (bicyclic) bond motifs is 1. The minimum atomic E-state index is 0.0902. The predicted molar refractivity (Wildman–Crippen MR) is 141 cm³/mol. The number of hydrogen-bond acceptors (Lipinski definition) is 4. The van der Waals surface area contributed by atoms with Crippen LogP contribution in [0.25, 0.3) is 11.0 Å². The maximum absolute atomic E-state index is 12.5. The molecule has 1 amide bonds. The van der Waals surface area contributed by atoms with Gasteiger partial charge >= 0.3 is 0 Å². The quantitative estimate of drug-likeness (QED) is 0.380. The summed E-state index contributed by atoms with van der Waals surface area (Å²) in [7, 11) is 0. The van der Waals surface area contributed by atoms with Crippen LogP contribution in [0, 0.1) is 0 Å². The Morgan fingerprint density at radius 2 is 1.57 bits per heavy atom. The average molecular weight is 468 g/mol. The Morgan fingerprint density at radius 3 is 2.37 bits per heavy atom. The number of benzene rings is 3. The van der Waals surface area contributed by atoms with E-state index in [1.807, 2.05) is 24.3 Å². The van der Waals surface area contributed by atoms with Gasteiger partial charge in [0.15, 0.2) is 0 Å². The molecule has 3 aromatic carbocycles. The summed E-state index contributed by atoms with van der Waals surface area (Å²) in [5.41, 5.74) is 5.82. The lowest BCUT2D eigenvalue weighted by molar-refractivity contribution is -0.121. The van der Waals surface area contributed by atoms with Crippen molar-refractivity contribution in [2.24, 2.45) is 0 Å². The molecular formula is C29H33N5O. The molecule has 4 aromatic rings. The van der Waals surface area contributed by atoms with E-state index in [9.17, 15) is 4.79 Å². The number of rotatable bonds is 9. The van der Waals surface area contributed by atoms with Crippen molar-refractivity contribution >= 4 is 22.6 Å². The van der Waals surface area contributed by atoms with E-state index in [-0.39, 0.29) is 5.91 Å². The van der Waals surface area contributed by atoms with Crippen molar-refractivity contribution < 1.29 is 4.79 Å². The number of aromatic amines is 1. The third-order valence-corrected chi connectivity index (χ3v) is 6.74. The maximum atomic E-state index is 12.5. The van der Waals surface area contributed by atoms with Crippen LogP contribution in [0.2, 0.25) is 0 Å². The lowest BCUT2D eigenvalue weighted by atomic mass is 10.1. The van der Waals surface area contributed by atoms with Gasteiger partial charge in [-0.05, 0) is 41.8 Å². The van der Waals surface area contributed by atoms with Crippen molar-refractivity contribution in [3.8, 4) is 0 Å². The van der Waals surface area contributed by atoms with Gasteiger partial charge in [-0.1, -0.05) is 54.6 Å². The number of H-pyrrole nitrogens is 1. The first-order chi connectivity index (χ1) is 17.2. The number of carbonyl (C=O) groups is 1. The summed E-state index contributed by atoms with van der Waals surface area (Å²) in [5, 5.41) is 3.12. The van der Waals surface area contributed by atoms with E-state index in [4.69, 9.17) is 0 Å². The smallest absolute Gasteiger partial charge is 0.220 e. The summed E-state index contributed by atoms with van der Waals surface area (Å²) < 4.78 is 0. The zero-order valence-electron chi connectivity index (χ0n) is 20.1. The minimum Gasteiger partial charge on any atom is -0.369 e. The molecule has 0 unspecified atom stereocenters. The van der Waals surface area contributed by atoms with Gasteiger partial charge in [-0.25, -0.2) is 4.98 Å². The molecular weight excluding hydrogens is 434 g/mol. The number of nitrogens with zero attached hydrogens (tertiary/aromatic N) is 3. The van der Waals surface area contributed by atoms with Crippen LogP contribution in [-0.4, -0.2) is 47.0 Å². The van der Waals surface area contributed by atoms with Gasteiger partial charge in [-0.2, -0.15) is 0 Å². The zero-order valence-corrected chi connectivity index (χ0v) is 20.1. The number of imidazole rings is 1. The average Bonchev–Trinajstić information content (AvgIpc) is 3.32. The second kappa shape index (κ2) is 11.2. The normalized spacial score (nSPS) is 14.3. The van der Waals surface area contributed by atoms with E-state index in [0.29, 0.717) is 13.0 Å². The van der Waals surface area contributed by atoms with Gasteiger partial charge in [0.25, 0.3) is 0 Å². The van der Waals surface area contributed by atoms with Crippen molar-refractivity contribution in [3.63, 3.8) is 0 Å². The number of aryl methyl sites for hydroxylation is 1. The Bertz CT molecular complexity index is 1210. The Hall–Kier alpha value is -3.64. The lowest BCUT2D eigenvalue weighted by Crippen LogP contribution is -2.46. The minimum absolute atomic E-state index is 0.0902. The molecule has 1 aliphatic rings. The Labute approximate surface area is 207 Å². The molecule has 1 saturated heterocycles. The Morgan fingerprint density at radius 1 is 0.857 bits per heavy atom. The van der Waals surface area contributed by atoms with E-state index >= 15 is 0 Å².